The van der Waals surface area contributed by atoms with Crippen LogP contribution in [0.25, 0.3) is 16.5 Å². The van der Waals surface area contributed by atoms with E-state index >= 15 is 0 Å². The van der Waals surface area contributed by atoms with Crippen LogP contribution in [0.5, 0.6) is 5.75 Å². The Morgan fingerprint density at radius 1 is 1.16 bits per heavy atom. The van der Waals surface area contributed by atoms with Crippen molar-refractivity contribution in [2.24, 2.45) is 0 Å². The molecule has 2 heterocycles. The molecule has 0 radical (unpaired) electrons. The standard InChI is InChI=1S/C23H30N2O5S/c1-4-29-21-15-22-19(17-7-5-6-8-20(17)30-22)14-18(21)16(2)13-23(26)24-9-11-25(12-10-24)31(3,27)28/h13-15H,4-12H2,1-3H3/b16-13+. The van der Waals surface area contributed by atoms with Gasteiger partial charge in [0.15, 0.2) is 0 Å². The highest BCUT2D eigenvalue weighted by atomic mass is 32.2. The Hall–Kier alpha value is -2.32. The van der Waals surface area contributed by atoms with E-state index in [9.17, 15) is 13.2 Å². The number of hydrogen-bond donors (Lipinski definition) is 0. The minimum Gasteiger partial charge on any atom is -0.493 e. The molecule has 0 spiro atoms. The van der Waals surface area contributed by atoms with Crippen molar-refractivity contribution in [2.45, 2.75) is 39.5 Å². The molecule has 0 atom stereocenters. The molecular formula is C23H30N2O5S. The average molecular weight is 447 g/mol. The van der Waals surface area contributed by atoms with Crippen molar-refractivity contribution in [2.75, 3.05) is 39.0 Å². The molecule has 7 nitrogen and oxygen atoms in total. The predicted octanol–water partition coefficient (Wildman–Crippen LogP) is 3.22. The van der Waals surface area contributed by atoms with Gasteiger partial charge in [0.2, 0.25) is 15.9 Å². The topological polar surface area (TPSA) is 80.1 Å². The van der Waals surface area contributed by atoms with Crippen LogP contribution in [0, 0.1) is 0 Å². The number of hydrogen-bond acceptors (Lipinski definition) is 5. The van der Waals surface area contributed by atoms with E-state index in [1.165, 1.54) is 16.1 Å². The first-order valence-electron chi connectivity index (χ1n) is 10.9. The maximum absolute atomic E-state index is 12.9. The van der Waals surface area contributed by atoms with Crippen molar-refractivity contribution in [3.8, 4) is 5.75 Å². The molecule has 1 aliphatic carbocycles. The molecule has 1 aromatic carbocycles. The van der Waals surface area contributed by atoms with Crippen LogP contribution in [0.4, 0.5) is 0 Å². The third-order valence-corrected chi connectivity index (χ3v) is 7.44. The Labute approximate surface area is 183 Å². The van der Waals surface area contributed by atoms with Crippen LogP contribution in [0.1, 0.15) is 43.6 Å². The number of aryl methyl sites for hydroxylation is 2. The molecule has 4 rings (SSSR count). The molecule has 0 saturated carbocycles. The van der Waals surface area contributed by atoms with Crippen LogP contribution in [0.3, 0.4) is 0 Å². The summed E-state index contributed by atoms with van der Waals surface area (Å²) in [6.45, 7) is 5.81. The first-order valence-corrected chi connectivity index (χ1v) is 12.8. The zero-order chi connectivity index (χ0) is 22.2. The summed E-state index contributed by atoms with van der Waals surface area (Å²) in [5.74, 6) is 1.68. The largest absolute Gasteiger partial charge is 0.493 e. The van der Waals surface area contributed by atoms with Gasteiger partial charge in [-0.2, -0.15) is 4.31 Å². The fraction of sp³-hybridized carbons (Fsp3) is 0.522. The van der Waals surface area contributed by atoms with Gasteiger partial charge in [-0.3, -0.25) is 4.79 Å². The molecule has 1 aromatic heterocycles. The highest BCUT2D eigenvalue weighted by molar-refractivity contribution is 7.88. The summed E-state index contributed by atoms with van der Waals surface area (Å²) in [6.07, 6.45) is 7.13. The summed E-state index contributed by atoms with van der Waals surface area (Å²) < 4.78 is 36.8. The van der Waals surface area contributed by atoms with Gasteiger partial charge >= 0.3 is 0 Å². The molecule has 31 heavy (non-hydrogen) atoms. The van der Waals surface area contributed by atoms with E-state index in [0.29, 0.717) is 38.5 Å². The van der Waals surface area contributed by atoms with Crippen molar-refractivity contribution in [1.82, 2.24) is 9.21 Å². The smallest absolute Gasteiger partial charge is 0.246 e. The molecular weight excluding hydrogens is 416 g/mol. The number of rotatable bonds is 5. The highest BCUT2D eigenvalue weighted by Crippen LogP contribution is 2.38. The molecule has 0 unspecified atom stereocenters. The van der Waals surface area contributed by atoms with Gasteiger partial charge < -0.3 is 14.1 Å². The van der Waals surface area contributed by atoms with Gasteiger partial charge in [-0.05, 0) is 44.7 Å². The molecule has 1 amide bonds. The van der Waals surface area contributed by atoms with Crippen molar-refractivity contribution < 1.29 is 22.4 Å². The lowest BCUT2D eigenvalue weighted by Gasteiger charge is -2.32. The number of ether oxygens (including phenoxy) is 1. The third kappa shape index (κ3) is 4.50. The van der Waals surface area contributed by atoms with E-state index in [0.717, 1.165) is 53.5 Å². The second-order valence-electron chi connectivity index (χ2n) is 8.30. The van der Waals surface area contributed by atoms with Crippen LogP contribution in [-0.2, 0) is 27.7 Å². The Morgan fingerprint density at radius 3 is 2.55 bits per heavy atom. The lowest BCUT2D eigenvalue weighted by atomic mass is 9.94. The number of carbonyl (C=O) groups excluding carboxylic acids is 1. The molecule has 2 aromatic rings. The fourth-order valence-electron chi connectivity index (χ4n) is 4.47. The summed E-state index contributed by atoms with van der Waals surface area (Å²) in [7, 11) is -3.22. The van der Waals surface area contributed by atoms with Crippen LogP contribution >= 0.6 is 0 Å². The van der Waals surface area contributed by atoms with Crippen LogP contribution in [0.2, 0.25) is 0 Å². The molecule has 2 aliphatic rings. The number of allylic oxidation sites excluding steroid dienone is 1. The predicted molar refractivity (Wildman–Crippen MR) is 121 cm³/mol. The second-order valence-corrected chi connectivity index (χ2v) is 10.3. The Balaban J connectivity index is 1.61. The summed E-state index contributed by atoms with van der Waals surface area (Å²) in [6, 6.07) is 4.04. The summed E-state index contributed by atoms with van der Waals surface area (Å²) >= 11 is 0. The third-order valence-electron chi connectivity index (χ3n) is 6.14. The van der Waals surface area contributed by atoms with Gasteiger partial charge in [0.1, 0.15) is 17.1 Å². The lowest BCUT2D eigenvalue weighted by molar-refractivity contribution is -0.127. The van der Waals surface area contributed by atoms with E-state index < -0.39 is 10.0 Å². The van der Waals surface area contributed by atoms with Crippen molar-refractivity contribution >= 4 is 32.5 Å². The first-order chi connectivity index (χ1) is 14.8. The Bertz CT molecular complexity index is 1120. The number of sulfonamides is 1. The van der Waals surface area contributed by atoms with Crippen molar-refractivity contribution in [3.63, 3.8) is 0 Å². The number of fused-ring (bicyclic) bond motifs is 3. The summed E-state index contributed by atoms with van der Waals surface area (Å²) in [5.41, 5.74) is 3.84. The zero-order valence-electron chi connectivity index (χ0n) is 18.4. The van der Waals surface area contributed by atoms with Crippen molar-refractivity contribution in [1.29, 1.82) is 0 Å². The summed E-state index contributed by atoms with van der Waals surface area (Å²) in [5, 5.41) is 1.11. The van der Waals surface area contributed by atoms with Gasteiger partial charge in [0.25, 0.3) is 0 Å². The second kappa shape index (κ2) is 8.67. The van der Waals surface area contributed by atoms with Gasteiger partial charge in [0.05, 0.1) is 12.9 Å². The van der Waals surface area contributed by atoms with E-state index in [1.807, 2.05) is 19.9 Å². The van der Waals surface area contributed by atoms with E-state index in [2.05, 4.69) is 6.07 Å². The van der Waals surface area contributed by atoms with Crippen molar-refractivity contribution in [3.05, 3.63) is 35.1 Å². The minimum absolute atomic E-state index is 0.109. The number of benzene rings is 1. The molecule has 0 bridgehead atoms. The minimum atomic E-state index is -3.22. The maximum atomic E-state index is 12.9. The Kier molecular flexibility index (Phi) is 6.12. The fourth-order valence-corrected chi connectivity index (χ4v) is 5.29. The molecule has 1 aliphatic heterocycles. The van der Waals surface area contributed by atoms with Gasteiger partial charge in [0, 0.05) is 61.3 Å². The molecule has 168 valence electrons. The molecule has 1 fully saturated rings. The van der Waals surface area contributed by atoms with Crippen LogP contribution in [-0.4, -0.2) is 62.6 Å². The number of piperazine rings is 1. The highest BCUT2D eigenvalue weighted by Gasteiger charge is 2.26. The zero-order valence-corrected chi connectivity index (χ0v) is 19.3. The monoisotopic (exact) mass is 446 g/mol. The number of nitrogens with zero attached hydrogens (tertiary/aromatic N) is 2. The normalized spacial score (nSPS) is 18.3. The van der Waals surface area contributed by atoms with Gasteiger partial charge in [-0.1, -0.05) is 0 Å². The first kappa shape index (κ1) is 21.9. The molecule has 1 saturated heterocycles. The average Bonchev–Trinajstić information content (AvgIpc) is 3.10. The summed E-state index contributed by atoms with van der Waals surface area (Å²) in [4.78, 5) is 14.6. The maximum Gasteiger partial charge on any atom is 0.246 e. The lowest BCUT2D eigenvalue weighted by Crippen LogP contribution is -2.49. The number of amides is 1. The van der Waals surface area contributed by atoms with Gasteiger partial charge in [-0.25, -0.2) is 8.42 Å². The van der Waals surface area contributed by atoms with E-state index in [4.69, 9.17) is 9.15 Å². The van der Waals surface area contributed by atoms with Gasteiger partial charge in [-0.15, -0.1) is 0 Å². The molecule has 0 N–H and O–H groups in total. The van der Waals surface area contributed by atoms with E-state index in [1.54, 1.807) is 11.0 Å². The quantitative estimate of drug-likeness (QED) is 0.659. The SMILES string of the molecule is CCOc1cc2oc3c(c2cc1/C(C)=C/C(=O)N1CCN(S(C)(=O)=O)CC1)CCCC3. The molecule has 8 heteroatoms. The number of carbonyl (C=O) groups is 1. The number of furan rings is 1. The van der Waals surface area contributed by atoms with Crippen LogP contribution < -0.4 is 4.74 Å². The van der Waals surface area contributed by atoms with Crippen LogP contribution in [0.15, 0.2) is 22.6 Å². The van der Waals surface area contributed by atoms with E-state index in [-0.39, 0.29) is 5.91 Å². The Morgan fingerprint density at radius 2 is 1.87 bits per heavy atom.